The zero-order valence-corrected chi connectivity index (χ0v) is 18.0. The minimum atomic E-state index is -0.180. The predicted molar refractivity (Wildman–Crippen MR) is 118 cm³/mol. The Morgan fingerprint density at radius 3 is 2.37 bits per heavy atom. The fraction of sp³-hybridized carbons (Fsp3) is 0.250. The molecule has 1 N–H and O–H groups in total. The zero-order chi connectivity index (χ0) is 21.5. The molecule has 0 radical (unpaired) electrons. The van der Waals surface area contributed by atoms with Gasteiger partial charge in [0.05, 0.1) is 13.2 Å². The molecular weight excluding hydrogens is 400 g/mol. The molecule has 0 spiro atoms. The van der Waals surface area contributed by atoms with Crippen molar-refractivity contribution in [3.05, 3.63) is 88.7 Å². The molecule has 0 aliphatic carbocycles. The molecule has 1 atom stereocenters. The number of methoxy groups -OCH3 is 1. The first kappa shape index (κ1) is 21.7. The second-order valence-electron chi connectivity index (χ2n) is 7.26. The number of rotatable bonds is 8. The van der Waals surface area contributed by atoms with Crippen molar-refractivity contribution in [1.29, 1.82) is 0 Å². The smallest absolute Gasteiger partial charge is 0.251 e. The number of carbonyl (C=O) groups is 1. The van der Waals surface area contributed by atoms with Crippen LogP contribution in [0.5, 0.6) is 11.5 Å². The SMILES string of the molecule is COc1ccc(C(=O)NC(c2ccc(Cl)cc2)C(C)C)cc1OCc1ccncc1. The summed E-state index contributed by atoms with van der Waals surface area (Å²) >= 11 is 6.00. The van der Waals surface area contributed by atoms with Crippen LogP contribution in [0.4, 0.5) is 0 Å². The molecule has 156 valence electrons. The van der Waals surface area contributed by atoms with Gasteiger partial charge in [0.15, 0.2) is 11.5 Å². The van der Waals surface area contributed by atoms with Crippen LogP contribution in [0.15, 0.2) is 67.0 Å². The van der Waals surface area contributed by atoms with Crippen LogP contribution in [-0.4, -0.2) is 18.0 Å². The normalized spacial score (nSPS) is 11.8. The summed E-state index contributed by atoms with van der Waals surface area (Å²) in [5, 5.41) is 3.79. The van der Waals surface area contributed by atoms with Gasteiger partial charge in [0.1, 0.15) is 6.61 Å². The summed E-state index contributed by atoms with van der Waals surface area (Å²) in [5.74, 6) is 1.10. The number of aromatic nitrogens is 1. The summed E-state index contributed by atoms with van der Waals surface area (Å²) in [6, 6.07) is 16.3. The van der Waals surface area contributed by atoms with Gasteiger partial charge in [-0.25, -0.2) is 0 Å². The van der Waals surface area contributed by atoms with Crippen molar-refractivity contribution in [2.45, 2.75) is 26.5 Å². The molecular formula is C24H25ClN2O3. The Hall–Kier alpha value is -3.05. The molecule has 0 saturated heterocycles. The summed E-state index contributed by atoms with van der Waals surface area (Å²) in [5.41, 5.74) is 2.48. The maximum atomic E-state index is 13.0. The molecule has 6 heteroatoms. The molecule has 1 heterocycles. The molecule has 2 aromatic carbocycles. The molecule has 3 rings (SSSR count). The molecule has 0 fully saturated rings. The maximum absolute atomic E-state index is 13.0. The highest BCUT2D eigenvalue weighted by Crippen LogP contribution is 2.30. The third-order valence-corrected chi connectivity index (χ3v) is 5.00. The second-order valence-corrected chi connectivity index (χ2v) is 7.69. The average molecular weight is 425 g/mol. The molecule has 0 saturated carbocycles. The summed E-state index contributed by atoms with van der Waals surface area (Å²) < 4.78 is 11.3. The van der Waals surface area contributed by atoms with Crippen molar-refractivity contribution in [1.82, 2.24) is 10.3 Å². The van der Waals surface area contributed by atoms with Crippen molar-refractivity contribution < 1.29 is 14.3 Å². The highest BCUT2D eigenvalue weighted by atomic mass is 35.5. The lowest BCUT2D eigenvalue weighted by molar-refractivity contribution is 0.0925. The molecule has 1 amide bonds. The van der Waals surface area contributed by atoms with Gasteiger partial charge in [-0.15, -0.1) is 0 Å². The van der Waals surface area contributed by atoms with Crippen molar-refractivity contribution in [2.75, 3.05) is 7.11 Å². The zero-order valence-electron chi connectivity index (χ0n) is 17.3. The Balaban J connectivity index is 1.78. The van der Waals surface area contributed by atoms with Gasteiger partial charge in [-0.1, -0.05) is 37.6 Å². The van der Waals surface area contributed by atoms with E-state index in [1.54, 1.807) is 37.7 Å². The summed E-state index contributed by atoms with van der Waals surface area (Å²) in [6.07, 6.45) is 3.42. The largest absolute Gasteiger partial charge is 0.493 e. The van der Waals surface area contributed by atoms with E-state index in [9.17, 15) is 4.79 Å². The van der Waals surface area contributed by atoms with E-state index in [0.29, 0.717) is 28.7 Å². The number of benzene rings is 2. The first-order valence-electron chi connectivity index (χ1n) is 9.74. The first-order valence-corrected chi connectivity index (χ1v) is 10.1. The van der Waals surface area contributed by atoms with Crippen molar-refractivity contribution in [2.24, 2.45) is 5.92 Å². The monoisotopic (exact) mass is 424 g/mol. The number of hydrogen-bond acceptors (Lipinski definition) is 4. The summed E-state index contributed by atoms with van der Waals surface area (Å²) in [7, 11) is 1.57. The summed E-state index contributed by atoms with van der Waals surface area (Å²) in [6.45, 7) is 4.48. The summed E-state index contributed by atoms with van der Waals surface area (Å²) in [4.78, 5) is 17.0. The van der Waals surface area contributed by atoms with Crippen LogP contribution in [0.3, 0.4) is 0 Å². The topological polar surface area (TPSA) is 60.5 Å². The molecule has 1 unspecified atom stereocenters. The van der Waals surface area contributed by atoms with Gasteiger partial charge >= 0.3 is 0 Å². The molecule has 0 bridgehead atoms. The van der Waals surface area contributed by atoms with E-state index in [2.05, 4.69) is 24.1 Å². The number of ether oxygens (including phenoxy) is 2. The van der Waals surface area contributed by atoms with Crippen LogP contribution in [0.25, 0.3) is 0 Å². The van der Waals surface area contributed by atoms with Gasteiger partial charge in [-0.05, 0) is 59.5 Å². The number of pyridine rings is 1. The predicted octanol–water partition coefficient (Wildman–Crippen LogP) is 5.45. The van der Waals surface area contributed by atoms with Crippen LogP contribution >= 0.6 is 11.6 Å². The van der Waals surface area contributed by atoms with E-state index in [-0.39, 0.29) is 17.9 Å². The Labute approximate surface area is 182 Å². The van der Waals surface area contributed by atoms with E-state index in [1.807, 2.05) is 36.4 Å². The van der Waals surface area contributed by atoms with E-state index in [4.69, 9.17) is 21.1 Å². The quantitative estimate of drug-likeness (QED) is 0.522. The number of hydrogen-bond donors (Lipinski definition) is 1. The Morgan fingerprint density at radius 2 is 1.73 bits per heavy atom. The van der Waals surface area contributed by atoms with Crippen LogP contribution in [-0.2, 0) is 6.61 Å². The molecule has 0 aliphatic rings. The molecule has 0 aliphatic heterocycles. The number of amides is 1. The van der Waals surface area contributed by atoms with Gasteiger partial charge in [-0.3, -0.25) is 9.78 Å². The van der Waals surface area contributed by atoms with Gasteiger partial charge in [0.2, 0.25) is 0 Å². The number of nitrogens with one attached hydrogen (secondary N) is 1. The fourth-order valence-electron chi connectivity index (χ4n) is 3.10. The minimum Gasteiger partial charge on any atom is -0.493 e. The van der Waals surface area contributed by atoms with Gasteiger partial charge in [-0.2, -0.15) is 0 Å². The lowest BCUT2D eigenvalue weighted by atomic mass is 9.95. The lowest BCUT2D eigenvalue weighted by Gasteiger charge is -2.23. The number of carbonyl (C=O) groups excluding carboxylic acids is 1. The second kappa shape index (κ2) is 10.1. The first-order chi connectivity index (χ1) is 14.5. The van der Waals surface area contributed by atoms with Crippen LogP contribution < -0.4 is 14.8 Å². The van der Waals surface area contributed by atoms with E-state index in [0.717, 1.165) is 11.1 Å². The van der Waals surface area contributed by atoms with Gasteiger partial charge in [0, 0.05) is 23.0 Å². The highest BCUT2D eigenvalue weighted by Gasteiger charge is 2.20. The Morgan fingerprint density at radius 1 is 1.03 bits per heavy atom. The third kappa shape index (κ3) is 5.51. The van der Waals surface area contributed by atoms with Gasteiger partial charge < -0.3 is 14.8 Å². The maximum Gasteiger partial charge on any atom is 0.251 e. The third-order valence-electron chi connectivity index (χ3n) is 4.75. The van der Waals surface area contributed by atoms with Crippen molar-refractivity contribution >= 4 is 17.5 Å². The molecule has 5 nitrogen and oxygen atoms in total. The number of nitrogens with zero attached hydrogens (tertiary/aromatic N) is 1. The molecule has 30 heavy (non-hydrogen) atoms. The molecule has 3 aromatic rings. The number of halogens is 1. The van der Waals surface area contributed by atoms with Gasteiger partial charge in [0.25, 0.3) is 5.91 Å². The van der Waals surface area contributed by atoms with E-state index >= 15 is 0 Å². The Bertz CT molecular complexity index is 976. The standard InChI is InChI=1S/C24H25ClN2O3/c1-16(2)23(18-4-7-20(25)8-5-18)27-24(28)19-6-9-21(29-3)22(14-19)30-15-17-10-12-26-13-11-17/h4-14,16,23H,15H2,1-3H3,(H,27,28). The lowest BCUT2D eigenvalue weighted by Crippen LogP contribution is -2.31. The Kier molecular flexibility index (Phi) is 7.31. The van der Waals surface area contributed by atoms with E-state index < -0.39 is 0 Å². The van der Waals surface area contributed by atoms with Crippen molar-refractivity contribution in [3.8, 4) is 11.5 Å². The average Bonchev–Trinajstić information content (AvgIpc) is 2.77. The van der Waals surface area contributed by atoms with Crippen LogP contribution in [0, 0.1) is 5.92 Å². The highest BCUT2D eigenvalue weighted by molar-refractivity contribution is 6.30. The van der Waals surface area contributed by atoms with Crippen molar-refractivity contribution in [3.63, 3.8) is 0 Å². The van der Waals surface area contributed by atoms with Crippen LogP contribution in [0.1, 0.15) is 41.4 Å². The minimum absolute atomic E-state index is 0.141. The van der Waals surface area contributed by atoms with E-state index in [1.165, 1.54) is 0 Å². The molecule has 1 aromatic heterocycles. The fourth-order valence-corrected chi connectivity index (χ4v) is 3.23. The van der Waals surface area contributed by atoms with Crippen LogP contribution in [0.2, 0.25) is 5.02 Å².